The van der Waals surface area contributed by atoms with Crippen molar-refractivity contribution in [2.75, 3.05) is 14.2 Å². The molecule has 0 aliphatic rings. The van der Waals surface area contributed by atoms with Crippen molar-refractivity contribution in [3.05, 3.63) is 55.5 Å². The number of aryl methyl sites for hydroxylation is 1. The third-order valence-electron chi connectivity index (χ3n) is 4.21. The van der Waals surface area contributed by atoms with E-state index in [1.165, 1.54) is 17.7 Å². The van der Waals surface area contributed by atoms with Gasteiger partial charge in [0.05, 0.1) is 24.5 Å². The molecule has 0 fully saturated rings. The number of ether oxygens (including phenoxy) is 2. The number of amides is 1. The van der Waals surface area contributed by atoms with E-state index in [9.17, 15) is 14.4 Å². The summed E-state index contributed by atoms with van der Waals surface area (Å²) in [5.41, 5.74) is -0.0327. The molecule has 3 rings (SSSR count). The number of benzene rings is 1. The highest BCUT2D eigenvalue weighted by Crippen LogP contribution is 2.24. The smallest absolute Gasteiger partial charge is 0.331 e. The molecule has 0 aliphatic heterocycles. The van der Waals surface area contributed by atoms with Gasteiger partial charge in [0.25, 0.3) is 11.5 Å². The predicted octanol–water partition coefficient (Wildman–Crippen LogP) is 1.25. The summed E-state index contributed by atoms with van der Waals surface area (Å²) in [6.07, 6.45) is 0. The van der Waals surface area contributed by atoms with E-state index >= 15 is 0 Å². The van der Waals surface area contributed by atoms with Gasteiger partial charge in [0.15, 0.2) is 0 Å². The first-order valence-electron chi connectivity index (χ1n) is 8.05. The first kappa shape index (κ1) is 18.7. The standard InChI is InChI=1S/C18H19N3O5S/c1-20-16(23)13-8-14(27-17(13)21(2)18(20)24)15(22)19-9-10-5-11(25-3)7-12(6-10)26-4/h5-8H,9H2,1-4H3,(H,19,22). The molecule has 0 aliphatic carbocycles. The van der Waals surface area contributed by atoms with Crippen molar-refractivity contribution in [1.82, 2.24) is 14.5 Å². The molecule has 1 N–H and O–H groups in total. The van der Waals surface area contributed by atoms with Gasteiger partial charge in [-0.05, 0) is 23.8 Å². The van der Waals surface area contributed by atoms with Crippen LogP contribution >= 0.6 is 11.3 Å². The average Bonchev–Trinajstić information content (AvgIpc) is 3.14. The van der Waals surface area contributed by atoms with Gasteiger partial charge >= 0.3 is 5.69 Å². The quantitative estimate of drug-likeness (QED) is 0.709. The molecule has 0 spiro atoms. The van der Waals surface area contributed by atoms with Crippen molar-refractivity contribution in [2.24, 2.45) is 14.1 Å². The zero-order valence-corrected chi connectivity index (χ0v) is 16.2. The monoisotopic (exact) mass is 389 g/mol. The van der Waals surface area contributed by atoms with Gasteiger partial charge in [0, 0.05) is 26.7 Å². The number of hydrogen-bond acceptors (Lipinski definition) is 6. The van der Waals surface area contributed by atoms with Crippen molar-refractivity contribution >= 4 is 27.5 Å². The van der Waals surface area contributed by atoms with Crippen LogP contribution in [0.5, 0.6) is 11.5 Å². The third-order valence-corrected chi connectivity index (χ3v) is 5.42. The number of nitrogens with one attached hydrogen (secondary N) is 1. The molecule has 9 heteroatoms. The Morgan fingerprint density at radius 1 is 1.04 bits per heavy atom. The Kier molecular flexibility index (Phi) is 5.04. The fourth-order valence-electron chi connectivity index (χ4n) is 2.71. The Labute approximate surface area is 158 Å². The zero-order valence-electron chi connectivity index (χ0n) is 15.4. The van der Waals surface area contributed by atoms with Crippen LogP contribution in [0.1, 0.15) is 15.2 Å². The normalized spacial score (nSPS) is 10.8. The maximum atomic E-state index is 12.5. The number of fused-ring (bicyclic) bond motifs is 1. The van der Waals surface area contributed by atoms with Crippen molar-refractivity contribution in [3.8, 4) is 11.5 Å². The summed E-state index contributed by atoms with van der Waals surface area (Å²) in [5.74, 6) is 0.922. The average molecular weight is 389 g/mol. The number of thiophene rings is 1. The van der Waals surface area contributed by atoms with Gasteiger partial charge in [0.2, 0.25) is 0 Å². The van der Waals surface area contributed by atoms with Gasteiger partial charge in [-0.2, -0.15) is 0 Å². The molecule has 0 saturated carbocycles. The van der Waals surface area contributed by atoms with Crippen LogP contribution in [0.2, 0.25) is 0 Å². The van der Waals surface area contributed by atoms with E-state index in [0.717, 1.165) is 21.5 Å². The van der Waals surface area contributed by atoms with Gasteiger partial charge in [-0.1, -0.05) is 0 Å². The largest absolute Gasteiger partial charge is 0.497 e. The van der Waals surface area contributed by atoms with Crippen LogP contribution in [0.3, 0.4) is 0 Å². The summed E-state index contributed by atoms with van der Waals surface area (Å²) in [7, 11) is 6.10. The van der Waals surface area contributed by atoms with Crippen LogP contribution in [-0.2, 0) is 20.6 Å². The molecule has 0 unspecified atom stereocenters. The van der Waals surface area contributed by atoms with E-state index in [1.54, 1.807) is 39.5 Å². The minimum Gasteiger partial charge on any atom is -0.497 e. The maximum Gasteiger partial charge on any atom is 0.331 e. The van der Waals surface area contributed by atoms with E-state index in [1.807, 2.05) is 0 Å². The number of carbonyl (C=O) groups excluding carboxylic acids is 1. The maximum absolute atomic E-state index is 12.5. The Hall–Kier alpha value is -3.07. The summed E-state index contributed by atoms with van der Waals surface area (Å²) >= 11 is 1.11. The number of nitrogens with zero attached hydrogens (tertiary/aromatic N) is 2. The molecule has 0 atom stereocenters. The van der Waals surface area contributed by atoms with Crippen LogP contribution in [0.25, 0.3) is 10.2 Å². The molecule has 27 heavy (non-hydrogen) atoms. The zero-order chi connectivity index (χ0) is 19.7. The number of carbonyl (C=O) groups is 1. The lowest BCUT2D eigenvalue weighted by atomic mass is 10.2. The molecule has 142 valence electrons. The molecule has 8 nitrogen and oxygen atoms in total. The summed E-state index contributed by atoms with van der Waals surface area (Å²) in [5, 5.41) is 3.16. The Bertz CT molecular complexity index is 1120. The second kappa shape index (κ2) is 7.28. The van der Waals surface area contributed by atoms with Gasteiger partial charge in [-0.25, -0.2) is 4.79 Å². The first-order valence-corrected chi connectivity index (χ1v) is 8.87. The highest BCUT2D eigenvalue weighted by molar-refractivity contribution is 7.20. The molecule has 3 aromatic rings. The molecule has 0 radical (unpaired) electrons. The number of methoxy groups -OCH3 is 2. The van der Waals surface area contributed by atoms with Crippen molar-refractivity contribution in [1.29, 1.82) is 0 Å². The Morgan fingerprint density at radius 3 is 2.26 bits per heavy atom. The highest BCUT2D eigenvalue weighted by Gasteiger charge is 2.16. The van der Waals surface area contributed by atoms with Gasteiger partial charge < -0.3 is 14.8 Å². The van der Waals surface area contributed by atoms with Crippen molar-refractivity contribution in [2.45, 2.75) is 6.54 Å². The molecule has 2 heterocycles. The van der Waals surface area contributed by atoms with E-state index in [-0.39, 0.29) is 12.5 Å². The lowest BCUT2D eigenvalue weighted by Crippen LogP contribution is -2.36. The van der Waals surface area contributed by atoms with Crippen molar-refractivity contribution < 1.29 is 14.3 Å². The van der Waals surface area contributed by atoms with E-state index in [2.05, 4.69) is 5.32 Å². The fourth-order valence-corrected chi connectivity index (χ4v) is 3.73. The lowest BCUT2D eigenvalue weighted by molar-refractivity contribution is 0.0955. The number of rotatable bonds is 5. The SMILES string of the molecule is COc1cc(CNC(=O)c2cc3c(=O)n(C)c(=O)n(C)c3s2)cc(OC)c1. The second-order valence-corrected chi connectivity index (χ2v) is 6.97. The van der Waals surface area contributed by atoms with Gasteiger partial charge in [-0.15, -0.1) is 11.3 Å². The van der Waals surface area contributed by atoms with Gasteiger partial charge in [-0.3, -0.25) is 18.7 Å². The van der Waals surface area contributed by atoms with Crippen LogP contribution in [-0.4, -0.2) is 29.3 Å². The number of hydrogen-bond donors (Lipinski definition) is 1. The first-order chi connectivity index (χ1) is 12.8. The molecule has 1 aromatic carbocycles. The van der Waals surface area contributed by atoms with Crippen LogP contribution in [0, 0.1) is 0 Å². The van der Waals surface area contributed by atoms with Crippen LogP contribution in [0.15, 0.2) is 33.9 Å². The third kappa shape index (κ3) is 3.45. The second-order valence-electron chi connectivity index (χ2n) is 5.94. The summed E-state index contributed by atoms with van der Waals surface area (Å²) in [6.45, 7) is 0.261. The fraction of sp³-hybridized carbons (Fsp3) is 0.278. The minimum atomic E-state index is -0.426. The molecule has 1 amide bonds. The van der Waals surface area contributed by atoms with E-state index in [0.29, 0.717) is 26.6 Å². The van der Waals surface area contributed by atoms with E-state index < -0.39 is 11.2 Å². The lowest BCUT2D eigenvalue weighted by Gasteiger charge is -2.09. The molecule has 0 bridgehead atoms. The predicted molar refractivity (Wildman–Crippen MR) is 103 cm³/mol. The molecular formula is C18H19N3O5S. The van der Waals surface area contributed by atoms with Gasteiger partial charge in [0.1, 0.15) is 16.3 Å². The topological polar surface area (TPSA) is 91.6 Å². The summed E-state index contributed by atoms with van der Waals surface area (Å²) in [4.78, 5) is 37.6. The minimum absolute atomic E-state index is 0.261. The summed E-state index contributed by atoms with van der Waals surface area (Å²) < 4.78 is 12.8. The number of aromatic nitrogens is 2. The van der Waals surface area contributed by atoms with Crippen molar-refractivity contribution in [3.63, 3.8) is 0 Å². The Balaban J connectivity index is 1.87. The molecular weight excluding hydrogens is 370 g/mol. The molecule has 2 aromatic heterocycles. The van der Waals surface area contributed by atoms with Crippen LogP contribution < -0.4 is 26.0 Å². The summed E-state index contributed by atoms with van der Waals surface area (Å²) in [6, 6.07) is 6.86. The Morgan fingerprint density at radius 2 is 1.67 bits per heavy atom. The molecule has 0 saturated heterocycles. The van der Waals surface area contributed by atoms with E-state index in [4.69, 9.17) is 9.47 Å². The highest BCUT2D eigenvalue weighted by atomic mass is 32.1. The van der Waals surface area contributed by atoms with Crippen LogP contribution in [0.4, 0.5) is 0 Å².